The molecule has 2 aromatic rings. The Bertz CT molecular complexity index is 843. The van der Waals surface area contributed by atoms with Gasteiger partial charge < -0.3 is 14.2 Å². The second kappa shape index (κ2) is 3.52. The first-order valence-corrected chi connectivity index (χ1v) is 7.31. The van der Waals surface area contributed by atoms with E-state index in [-0.39, 0.29) is 5.97 Å². The predicted molar refractivity (Wildman–Crippen MR) is 77.9 cm³/mol. The largest absolute Gasteiger partial charge is 0.460 e. The standard InChI is InChI=1S/C18H14O4/c1-10-7-8-14-12(9-10)17-11-5-3-4-6-13(11)21-16(19)15(17)18(17,20-2)22-14/h3-9,15H,1-2H3/t15-,17-,18+/m0/s1. The lowest BCUT2D eigenvalue weighted by Gasteiger charge is -2.22. The summed E-state index contributed by atoms with van der Waals surface area (Å²) in [5.41, 5.74) is 2.52. The second-order valence-corrected chi connectivity index (χ2v) is 6.13. The normalized spacial score (nSPS) is 33.0. The Labute approximate surface area is 127 Å². The highest BCUT2D eigenvalue weighted by Gasteiger charge is 2.91. The number of ether oxygens (including phenoxy) is 3. The number of hydrogen-bond donors (Lipinski definition) is 0. The highest BCUT2D eigenvalue weighted by Crippen LogP contribution is 2.76. The molecule has 0 bridgehead atoms. The minimum absolute atomic E-state index is 0.285. The number of methoxy groups -OCH3 is 1. The van der Waals surface area contributed by atoms with Crippen LogP contribution in [0.25, 0.3) is 0 Å². The Morgan fingerprint density at radius 2 is 1.91 bits per heavy atom. The first-order valence-electron chi connectivity index (χ1n) is 7.31. The van der Waals surface area contributed by atoms with Gasteiger partial charge in [-0.1, -0.05) is 35.9 Å². The van der Waals surface area contributed by atoms with Crippen molar-refractivity contribution in [3.8, 4) is 11.5 Å². The molecular formula is C18H14O4. The van der Waals surface area contributed by atoms with E-state index in [0.29, 0.717) is 5.75 Å². The molecule has 4 heteroatoms. The van der Waals surface area contributed by atoms with Crippen molar-refractivity contribution in [2.75, 3.05) is 7.11 Å². The molecule has 4 nitrogen and oxygen atoms in total. The first kappa shape index (κ1) is 12.2. The Balaban J connectivity index is 1.88. The summed E-state index contributed by atoms with van der Waals surface area (Å²) in [7, 11) is 1.59. The molecule has 1 aliphatic carbocycles. The van der Waals surface area contributed by atoms with Crippen LogP contribution in [-0.4, -0.2) is 18.9 Å². The molecule has 3 aliphatic rings. The van der Waals surface area contributed by atoms with Crippen molar-refractivity contribution < 1.29 is 19.0 Å². The van der Waals surface area contributed by atoms with E-state index in [1.165, 1.54) is 0 Å². The molecule has 2 aliphatic heterocycles. The summed E-state index contributed by atoms with van der Waals surface area (Å²) >= 11 is 0. The Morgan fingerprint density at radius 3 is 2.73 bits per heavy atom. The lowest BCUT2D eigenvalue weighted by Crippen LogP contribution is -2.27. The van der Waals surface area contributed by atoms with Crippen LogP contribution in [-0.2, 0) is 14.9 Å². The van der Waals surface area contributed by atoms with Crippen LogP contribution in [0.2, 0.25) is 0 Å². The van der Waals surface area contributed by atoms with Crippen LogP contribution in [0.3, 0.4) is 0 Å². The van der Waals surface area contributed by atoms with Crippen molar-refractivity contribution in [2.24, 2.45) is 5.92 Å². The van der Waals surface area contributed by atoms with E-state index >= 15 is 0 Å². The number of para-hydroxylation sites is 1. The summed E-state index contributed by atoms with van der Waals surface area (Å²) in [6.45, 7) is 2.04. The lowest BCUT2D eigenvalue weighted by atomic mass is 9.83. The minimum Gasteiger partial charge on any atom is -0.460 e. The van der Waals surface area contributed by atoms with Crippen LogP contribution in [0, 0.1) is 12.8 Å². The van der Waals surface area contributed by atoms with E-state index in [2.05, 4.69) is 6.07 Å². The molecule has 3 atom stereocenters. The van der Waals surface area contributed by atoms with Crippen molar-refractivity contribution in [1.82, 2.24) is 0 Å². The fraction of sp³-hybridized carbons (Fsp3) is 0.278. The molecule has 0 amide bonds. The zero-order valence-corrected chi connectivity index (χ0v) is 12.3. The second-order valence-electron chi connectivity index (χ2n) is 6.13. The van der Waals surface area contributed by atoms with Gasteiger partial charge in [0, 0.05) is 18.2 Å². The van der Waals surface area contributed by atoms with Crippen LogP contribution in [0.1, 0.15) is 16.7 Å². The van der Waals surface area contributed by atoms with Gasteiger partial charge in [0.1, 0.15) is 22.8 Å². The summed E-state index contributed by atoms with van der Waals surface area (Å²) in [6.07, 6.45) is 0. The van der Waals surface area contributed by atoms with Gasteiger partial charge in [-0.3, -0.25) is 4.79 Å². The number of fused-ring (bicyclic) bond motifs is 3. The van der Waals surface area contributed by atoms with Gasteiger partial charge in [-0.25, -0.2) is 0 Å². The molecule has 0 saturated heterocycles. The van der Waals surface area contributed by atoms with Gasteiger partial charge in [-0.15, -0.1) is 0 Å². The number of aryl methyl sites for hydroxylation is 1. The van der Waals surface area contributed by atoms with E-state index in [1.54, 1.807) is 7.11 Å². The van der Waals surface area contributed by atoms with Gasteiger partial charge in [-0.05, 0) is 19.1 Å². The Kier molecular flexibility index (Phi) is 1.96. The molecule has 0 unspecified atom stereocenters. The molecule has 0 aromatic heterocycles. The molecule has 1 fully saturated rings. The zero-order valence-electron chi connectivity index (χ0n) is 12.3. The third kappa shape index (κ3) is 1.04. The smallest absolute Gasteiger partial charge is 0.322 e. The third-order valence-electron chi connectivity index (χ3n) is 5.16. The van der Waals surface area contributed by atoms with E-state index in [0.717, 1.165) is 22.4 Å². The van der Waals surface area contributed by atoms with Crippen molar-refractivity contribution in [2.45, 2.75) is 18.1 Å². The number of carbonyl (C=O) groups is 1. The average molecular weight is 294 g/mol. The van der Waals surface area contributed by atoms with Gasteiger partial charge in [-0.2, -0.15) is 0 Å². The molecule has 22 heavy (non-hydrogen) atoms. The van der Waals surface area contributed by atoms with Gasteiger partial charge in [0.2, 0.25) is 5.79 Å². The van der Waals surface area contributed by atoms with Crippen LogP contribution < -0.4 is 9.47 Å². The summed E-state index contributed by atoms with van der Waals surface area (Å²) < 4.78 is 17.3. The molecule has 0 radical (unpaired) electrons. The SMILES string of the molecule is CO[C@]12Oc3ccc(C)cc3[C@]13c1ccccc1OC(=O)[C@H]23. The van der Waals surface area contributed by atoms with Gasteiger partial charge in [0.05, 0.1) is 0 Å². The topological polar surface area (TPSA) is 44.8 Å². The molecule has 1 saturated carbocycles. The molecule has 110 valence electrons. The average Bonchev–Trinajstić information content (AvgIpc) is 3.05. The maximum atomic E-state index is 12.5. The van der Waals surface area contributed by atoms with Crippen molar-refractivity contribution in [3.63, 3.8) is 0 Å². The quantitative estimate of drug-likeness (QED) is 0.599. The molecule has 2 aromatic carbocycles. The van der Waals surface area contributed by atoms with E-state index < -0.39 is 17.1 Å². The number of esters is 1. The van der Waals surface area contributed by atoms with E-state index in [9.17, 15) is 4.79 Å². The number of rotatable bonds is 1. The molecule has 1 spiro atoms. The fourth-order valence-electron chi connectivity index (χ4n) is 4.30. The minimum atomic E-state index is -0.979. The zero-order chi connectivity index (χ0) is 15.1. The molecule has 0 N–H and O–H groups in total. The highest BCUT2D eigenvalue weighted by atomic mass is 16.7. The lowest BCUT2D eigenvalue weighted by molar-refractivity contribution is -0.145. The van der Waals surface area contributed by atoms with Gasteiger partial charge in [0.15, 0.2) is 0 Å². The highest BCUT2D eigenvalue weighted by molar-refractivity contribution is 5.92. The third-order valence-corrected chi connectivity index (χ3v) is 5.16. The van der Waals surface area contributed by atoms with Crippen molar-refractivity contribution >= 4 is 5.97 Å². The van der Waals surface area contributed by atoms with E-state index in [4.69, 9.17) is 14.2 Å². The summed E-state index contributed by atoms with van der Waals surface area (Å²) in [4.78, 5) is 12.5. The number of benzene rings is 2. The predicted octanol–water partition coefficient (Wildman–Crippen LogP) is 2.57. The van der Waals surface area contributed by atoms with Gasteiger partial charge in [0.25, 0.3) is 0 Å². The fourth-order valence-corrected chi connectivity index (χ4v) is 4.30. The maximum Gasteiger partial charge on any atom is 0.322 e. The van der Waals surface area contributed by atoms with Crippen molar-refractivity contribution in [1.29, 1.82) is 0 Å². The van der Waals surface area contributed by atoms with Crippen LogP contribution >= 0.6 is 0 Å². The van der Waals surface area contributed by atoms with Crippen molar-refractivity contribution in [3.05, 3.63) is 59.2 Å². The summed E-state index contributed by atoms with van der Waals surface area (Å²) in [5, 5.41) is 0. The number of hydrogen-bond acceptors (Lipinski definition) is 4. The maximum absolute atomic E-state index is 12.5. The Morgan fingerprint density at radius 1 is 1.09 bits per heavy atom. The van der Waals surface area contributed by atoms with Gasteiger partial charge >= 0.3 is 5.97 Å². The first-order chi connectivity index (χ1) is 10.6. The van der Waals surface area contributed by atoms with Crippen LogP contribution in [0.5, 0.6) is 11.5 Å². The van der Waals surface area contributed by atoms with Crippen LogP contribution in [0.15, 0.2) is 42.5 Å². The summed E-state index contributed by atoms with van der Waals surface area (Å²) in [5.74, 6) is -0.331. The molecule has 2 heterocycles. The summed E-state index contributed by atoms with van der Waals surface area (Å²) in [6, 6.07) is 13.7. The molecular weight excluding hydrogens is 280 g/mol. The van der Waals surface area contributed by atoms with E-state index in [1.807, 2.05) is 43.3 Å². The molecule has 5 rings (SSSR count). The number of carbonyl (C=O) groups excluding carboxylic acids is 1. The Hall–Kier alpha value is -2.33. The monoisotopic (exact) mass is 294 g/mol. The van der Waals surface area contributed by atoms with Crippen LogP contribution in [0.4, 0.5) is 0 Å².